The molecule has 0 aromatic carbocycles. The lowest BCUT2D eigenvalue weighted by Gasteiger charge is -2.49. The summed E-state index contributed by atoms with van der Waals surface area (Å²) in [6.07, 6.45) is -45.8. The molecule has 5 aliphatic rings. The van der Waals surface area contributed by atoms with Crippen LogP contribution in [0.25, 0.3) is 0 Å². The molecule has 5 heterocycles. The van der Waals surface area contributed by atoms with Crippen LogP contribution in [0.15, 0.2) is 0 Å². The van der Waals surface area contributed by atoms with Crippen LogP contribution in [0.5, 0.6) is 0 Å². The molecule has 0 spiro atoms. The van der Waals surface area contributed by atoms with Gasteiger partial charge in [0.2, 0.25) is 0 Å². The van der Waals surface area contributed by atoms with Gasteiger partial charge >= 0.3 is 0 Å². The van der Waals surface area contributed by atoms with Crippen molar-refractivity contribution < 1.29 is 129 Å². The summed E-state index contributed by atoms with van der Waals surface area (Å²) in [5.41, 5.74) is 0. The lowest BCUT2D eigenvalue weighted by Crippen LogP contribution is -2.68. The molecule has 0 amide bonds. The van der Waals surface area contributed by atoms with E-state index in [9.17, 15) is 86.8 Å². The van der Waals surface area contributed by atoms with Gasteiger partial charge in [0.05, 0.1) is 33.0 Å². The molecule has 0 aromatic rings. The smallest absolute Gasteiger partial charge is 0.187 e. The van der Waals surface area contributed by atoms with Crippen LogP contribution in [0.2, 0.25) is 0 Å². The molecule has 5 saturated heterocycles. The lowest BCUT2D eigenvalue weighted by molar-refractivity contribution is -0.392. The molecule has 5 rings (SSSR count). The highest BCUT2D eigenvalue weighted by molar-refractivity contribution is 4.99. The van der Waals surface area contributed by atoms with Crippen molar-refractivity contribution in [2.45, 2.75) is 154 Å². The third-order valence-corrected chi connectivity index (χ3v) is 10.3. The third-order valence-electron chi connectivity index (χ3n) is 10.3. The summed E-state index contributed by atoms with van der Waals surface area (Å²) in [6, 6.07) is 0. The van der Waals surface area contributed by atoms with Gasteiger partial charge in [-0.2, -0.15) is 0 Å². The van der Waals surface area contributed by atoms with Crippen molar-refractivity contribution in [1.29, 1.82) is 0 Å². The van der Waals surface area contributed by atoms with E-state index < -0.39 is 187 Å². The van der Waals surface area contributed by atoms with Crippen LogP contribution in [0.1, 0.15) is 0 Å². The van der Waals surface area contributed by atoms with Crippen molar-refractivity contribution in [1.82, 2.24) is 0 Å². The van der Waals surface area contributed by atoms with Crippen LogP contribution in [-0.2, 0) is 42.6 Å². The number of aliphatic hydroxyl groups is 17. The number of aliphatic hydroxyl groups excluding tert-OH is 17. The van der Waals surface area contributed by atoms with Crippen LogP contribution in [0, 0.1) is 0 Å². The first kappa shape index (κ1) is 46.0. The van der Waals surface area contributed by atoms with E-state index in [1.807, 2.05) is 0 Å². The molecule has 328 valence electrons. The van der Waals surface area contributed by atoms with Crippen molar-refractivity contribution in [3.05, 3.63) is 0 Å². The summed E-state index contributed by atoms with van der Waals surface area (Å²) in [6.45, 7) is -4.51. The van der Waals surface area contributed by atoms with E-state index in [1.54, 1.807) is 0 Å². The highest BCUT2D eigenvalue weighted by Crippen LogP contribution is 2.35. The van der Waals surface area contributed by atoms with Crippen LogP contribution in [0.4, 0.5) is 0 Å². The van der Waals surface area contributed by atoms with Gasteiger partial charge in [-0.3, -0.25) is 0 Å². The highest BCUT2D eigenvalue weighted by Gasteiger charge is 2.56. The Labute approximate surface area is 316 Å². The van der Waals surface area contributed by atoms with E-state index in [1.165, 1.54) is 0 Å². The summed E-state index contributed by atoms with van der Waals surface area (Å²) < 4.78 is 49.1. The van der Waals surface area contributed by atoms with Crippen molar-refractivity contribution in [3.63, 3.8) is 0 Å². The van der Waals surface area contributed by atoms with Gasteiger partial charge in [-0.25, -0.2) is 0 Å². The minimum absolute atomic E-state index is 0.811. The van der Waals surface area contributed by atoms with E-state index in [-0.39, 0.29) is 0 Å². The Morgan fingerprint density at radius 1 is 0.268 bits per heavy atom. The molecule has 0 aliphatic carbocycles. The lowest BCUT2D eigenvalue weighted by atomic mass is 9.95. The monoisotopic (exact) mass is 828 g/mol. The number of ether oxygens (including phenoxy) is 9. The fraction of sp³-hybridized carbons (Fsp3) is 1.00. The molecule has 0 saturated carbocycles. The molecule has 17 N–H and O–H groups in total. The largest absolute Gasteiger partial charge is 0.394 e. The summed E-state index contributed by atoms with van der Waals surface area (Å²) in [5, 5.41) is 176. The van der Waals surface area contributed by atoms with Gasteiger partial charge in [0.1, 0.15) is 122 Å². The number of hydrogen-bond donors (Lipinski definition) is 17. The molecule has 1 unspecified atom stereocenters. The molecule has 26 heteroatoms. The van der Waals surface area contributed by atoms with E-state index in [2.05, 4.69) is 0 Å². The highest BCUT2D eigenvalue weighted by atomic mass is 16.8. The van der Waals surface area contributed by atoms with E-state index in [0.29, 0.717) is 0 Å². The fourth-order valence-electron chi connectivity index (χ4n) is 7.03. The van der Waals surface area contributed by atoms with Gasteiger partial charge in [0.15, 0.2) is 31.5 Å². The van der Waals surface area contributed by atoms with E-state index in [0.717, 1.165) is 0 Å². The average Bonchev–Trinajstić information content (AvgIpc) is 3.19. The SMILES string of the molecule is OC[C@H]1O[C@@H](O[C@H]2[C@H](O)[C@H](O)[C@H](O[C@@H]3[C@H](O)[C@@H](O)[C@H](O[C@H]4[C@@H](O)[C@@H](O)[C@H](O[C@H]5[C@@H](O)[C@@H](O)C(O)O[C@@H]5CO)O[C@@H]4CO)O[C@@H]3CO)O[C@@H]2CO)[C@@H](O)[C@@H](O)[C@@H]1O. The Kier molecular flexibility index (Phi) is 16.1. The van der Waals surface area contributed by atoms with E-state index >= 15 is 0 Å². The van der Waals surface area contributed by atoms with Crippen LogP contribution >= 0.6 is 0 Å². The second kappa shape index (κ2) is 19.6. The zero-order chi connectivity index (χ0) is 41.3. The minimum Gasteiger partial charge on any atom is -0.394 e. The normalized spacial score (nSPS) is 53.2. The maximum atomic E-state index is 11.1. The zero-order valence-electron chi connectivity index (χ0n) is 29.2. The van der Waals surface area contributed by atoms with Crippen molar-refractivity contribution in [2.24, 2.45) is 0 Å². The van der Waals surface area contributed by atoms with Crippen LogP contribution < -0.4 is 0 Å². The Bertz CT molecular complexity index is 1200. The standard InChI is InChI=1S/C30H52O26/c31-1-6-11(36)12(37)18(43)27(49-6)54-23-8(3-33)51-29(20(45)14(23)39)56-25-10(5-35)52-30(21(46)16(25)41)55-24-9(4-34)50-28(19(44)15(24)40)53-22-7(2-32)48-26(47)17(42)13(22)38/h6-47H,1-5H2/t6-,7-,8-,9-,10-,11-,12+,13+,14-,15+,16-,17-,18+,19-,20+,21-,22-,23-,24-,25+,26?,27+,28+,29+,30+/m1/s1. The first-order valence-electron chi connectivity index (χ1n) is 17.6. The predicted molar refractivity (Wildman–Crippen MR) is 167 cm³/mol. The molecule has 5 fully saturated rings. The third kappa shape index (κ3) is 9.16. The maximum Gasteiger partial charge on any atom is 0.187 e. The van der Waals surface area contributed by atoms with Crippen molar-refractivity contribution in [3.8, 4) is 0 Å². The average molecular weight is 829 g/mol. The van der Waals surface area contributed by atoms with Crippen molar-refractivity contribution in [2.75, 3.05) is 33.0 Å². The Balaban J connectivity index is 1.22. The molecule has 26 nitrogen and oxygen atoms in total. The topological polar surface area (TPSA) is 427 Å². The minimum atomic E-state index is -2.12. The zero-order valence-corrected chi connectivity index (χ0v) is 29.2. The number of rotatable bonds is 13. The molecule has 25 atom stereocenters. The quantitative estimate of drug-likeness (QED) is 0.0819. The van der Waals surface area contributed by atoms with Gasteiger partial charge in [-0.1, -0.05) is 0 Å². The van der Waals surface area contributed by atoms with Gasteiger partial charge in [-0.15, -0.1) is 0 Å². The second-order valence-corrected chi connectivity index (χ2v) is 13.9. The van der Waals surface area contributed by atoms with Gasteiger partial charge in [0.25, 0.3) is 0 Å². The van der Waals surface area contributed by atoms with E-state index in [4.69, 9.17) is 42.6 Å². The first-order valence-corrected chi connectivity index (χ1v) is 17.6. The molecule has 5 aliphatic heterocycles. The summed E-state index contributed by atoms with van der Waals surface area (Å²) in [7, 11) is 0. The molecule has 0 aromatic heterocycles. The molecule has 0 radical (unpaired) electrons. The summed E-state index contributed by atoms with van der Waals surface area (Å²) in [4.78, 5) is 0. The van der Waals surface area contributed by atoms with Crippen LogP contribution in [0.3, 0.4) is 0 Å². The van der Waals surface area contributed by atoms with Crippen LogP contribution in [-0.4, -0.2) is 273 Å². The molecule has 56 heavy (non-hydrogen) atoms. The Hall–Kier alpha value is -1.04. The summed E-state index contributed by atoms with van der Waals surface area (Å²) >= 11 is 0. The molecular weight excluding hydrogens is 776 g/mol. The van der Waals surface area contributed by atoms with Gasteiger partial charge < -0.3 is 129 Å². The van der Waals surface area contributed by atoms with Gasteiger partial charge in [0, 0.05) is 0 Å². The first-order chi connectivity index (χ1) is 26.5. The second-order valence-electron chi connectivity index (χ2n) is 13.9. The fourth-order valence-corrected chi connectivity index (χ4v) is 7.03. The Morgan fingerprint density at radius 3 is 0.821 bits per heavy atom. The molecule has 0 bridgehead atoms. The van der Waals surface area contributed by atoms with Gasteiger partial charge in [-0.05, 0) is 0 Å². The molecular formula is C30H52O26. The maximum absolute atomic E-state index is 11.1. The summed E-state index contributed by atoms with van der Waals surface area (Å²) in [5.74, 6) is 0. The predicted octanol–water partition coefficient (Wildman–Crippen LogP) is -11.9. The van der Waals surface area contributed by atoms with Crippen molar-refractivity contribution >= 4 is 0 Å². The Morgan fingerprint density at radius 2 is 0.518 bits per heavy atom. The number of hydrogen-bond acceptors (Lipinski definition) is 26.